The molecule has 0 radical (unpaired) electrons. The zero-order valence-corrected chi connectivity index (χ0v) is 21.8. The number of nitrogens with zero attached hydrogens (tertiary/aromatic N) is 4. The molecule has 3 fully saturated rings. The highest BCUT2D eigenvalue weighted by atomic mass is 35.5. The Balaban J connectivity index is 1.02. The summed E-state index contributed by atoms with van der Waals surface area (Å²) in [7, 11) is 0. The predicted octanol–water partition coefficient (Wildman–Crippen LogP) is 6.07. The van der Waals surface area contributed by atoms with Gasteiger partial charge in [0.1, 0.15) is 5.82 Å². The number of anilines is 3. The predicted molar refractivity (Wildman–Crippen MR) is 147 cm³/mol. The fourth-order valence-electron chi connectivity index (χ4n) is 5.40. The molecule has 7 rings (SSSR count). The van der Waals surface area contributed by atoms with E-state index in [4.69, 9.17) is 16.6 Å². The third kappa shape index (κ3) is 5.03. The van der Waals surface area contributed by atoms with Gasteiger partial charge in [0.2, 0.25) is 5.91 Å². The summed E-state index contributed by atoms with van der Waals surface area (Å²) in [5, 5.41) is 6.95. The van der Waals surface area contributed by atoms with Gasteiger partial charge >= 0.3 is 0 Å². The second-order valence-electron chi connectivity index (χ2n) is 10.9. The molecule has 3 aromatic heterocycles. The second-order valence-corrected chi connectivity index (χ2v) is 11.3. The van der Waals surface area contributed by atoms with E-state index in [0.717, 1.165) is 41.9 Å². The first kappa shape index (κ1) is 24.3. The summed E-state index contributed by atoms with van der Waals surface area (Å²) in [5.74, 6) is -1.64. The molecule has 0 spiro atoms. The maximum atomic E-state index is 13.6. The smallest absolute Gasteiger partial charge is 0.282 e. The van der Waals surface area contributed by atoms with Crippen LogP contribution in [-0.2, 0) is 11.3 Å². The highest BCUT2D eigenvalue weighted by Crippen LogP contribution is 2.48. The van der Waals surface area contributed by atoms with E-state index in [1.165, 1.54) is 5.56 Å². The normalized spacial score (nSPS) is 21.5. The average molecular weight is 549 g/mol. The third-order valence-corrected chi connectivity index (χ3v) is 7.96. The molecule has 1 aliphatic heterocycles. The molecule has 4 aromatic rings. The molecule has 4 heterocycles. The minimum atomic E-state index is -2.65. The fourth-order valence-corrected chi connectivity index (χ4v) is 5.60. The van der Waals surface area contributed by atoms with E-state index in [0.29, 0.717) is 29.0 Å². The van der Waals surface area contributed by atoms with Crippen molar-refractivity contribution >= 4 is 40.3 Å². The molecule has 200 valence electrons. The monoisotopic (exact) mass is 548 g/mol. The Morgan fingerprint density at radius 1 is 1.10 bits per heavy atom. The van der Waals surface area contributed by atoms with Crippen molar-refractivity contribution in [2.45, 2.75) is 43.6 Å². The lowest BCUT2D eigenvalue weighted by Crippen LogP contribution is -2.56. The van der Waals surface area contributed by atoms with Gasteiger partial charge in [-0.2, -0.15) is 0 Å². The van der Waals surface area contributed by atoms with E-state index >= 15 is 0 Å². The molecular formula is C29H27ClF2N6O. The Morgan fingerprint density at radius 3 is 2.72 bits per heavy atom. The number of hydrogen-bond donors (Lipinski definition) is 2. The van der Waals surface area contributed by atoms with Crippen molar-refractivity contribution < 1.29 is 13.6 Å². The van der Waals surface area contributed by atoms with Crippen LogP contribution in [0.4, 0.5) is 26.0 Å². The van der Waals surface area contributed by atoms with E-state index < -0.39 is 5.92 Å². The van der Waals surface area contributed by atoms with Gasteiger partial charge in [-0.1, -0.05) is 23.7 Å². The SMILES string of the molecule is O=C(Nc1cc(NCc2cn3cc(C4CC4)cc(N4CC(F)(F)C4)c3n2)ccn1)[C@H]1C[C@@H]1c1cccc(Cl)c1. The van der Waals surface area contributed by atoms with Crippen LogP contribution in [0.25, 0.3) is 5.65 Å². The molecule has 1 aromatic carbocycles. The number of halogens is 3. The minimum absolute atomic E-state index is 0.0551. The summed E-state index contributed by atoms with van der Waals surface area (Å²) in [4.78, 5) is 23.6. The van der Waals surface area contributed by atoms with Crippen molar-refractivity contribution in [3.63, 3.8) is 0 Å². The van der Waals surface area contributed by atoms with E-state index in [9.17, 15) is 13.6 Å². The summed E-state index contributed by atoms with van der Waals surface area (Å²) >= 11 is 6.10. The lowest BCUT2D eigenvalue weighted by atomic mass is 10.1. The lowest BCUT2D eigenvalue weighted by molar-refractivity contribution is -0.117. The van der Waals surface area contributed by atoms with E-state index in [1.807, 2.05) is 47.0 Å². The first-order chi connectivity index (χ1) is 18.8. The summed E-state index contributed by atoms with van der Waals surface area (Å²) in [6.45, 7) is -0.111. The molecule has 10 heteroatoms. The Hall–Kier alpha value is -3.72. The van der Waals surface area contributed by atoms with Gasteiger partial charge in [-0.15, -0.1) is 0 Å². The molecule has 0 unspecified atom stereocenters. The zero-order chi connectivity index (χ0) is 26.7. The van der Waals surface area contributed by atoms with Crippen molar-refractivity contribution in [3.05, 3.63) is 82.9 Å². The van der Waals surface area contributed by atoms with E-state index in [-0.39, 0.29) is 30.8 Å². The van der Waals surface area contributed by atoms with Crippen molar-refractivity contribution in [3.8, 4) is 0 Å². The molecule has 1 saturated heterocycles. The minimum Gasteiger partial charge on any atom is -0.379 e. The molecular weight excluding hydrogens is 522 g/mol. The number of fused-ring (bicyclic) bond motifs is 1. The standard InChI is InChI=1S/C29H27ClF2N6O/c30-20-3-1-2-18(8-20)23-11-24(23)28(39)36-26-10-21(6-7-33-26)34-12-22-14-37-13-19(17-4-5-17)9-25(27(37)35-22)38-15-29(31,32)16-38/h1-3,6-10,13-14,17,23-24H,4-5,11-12,15-16H2,(H2,33,34,36,39)/t23-,24+/m1/s1. The average Bonchev–Trinajstić information content (AvgIpc) is 3.82. The topological polar surface area (TPSA) is 74.6 Å². The number of carbonyl (C=O) groups excluding carboxylic acids is 1. The van der Waals surface area contributed by atoms with Gasteiger partial charge in [-0.3, -0.25) is 4.79 Å². The number of nitrogens with one attached hydrogen (secondary N) is 2. The number of carbonyl (C=O) groups is 1. The maximum Gasteiger partial charge on any atom is 0.282 e. The summed E-state index contributed by atoms with van der Waals surface area (Å²) in [6, 6.07) is 13.3. The van der Waals surface area contributed by atoms with Gasteiger partial charge in [-0.25, -0.2) is 18.7 Å². The quantitative estimate of drug-likeness (QED) is 0.279. The van der Waals surface area contributed by atoms with E-state index in [2.05, 4.69) is 21.8 Å². The zero-order valence-electron chi connectivity index (χ0n) is 21.1. The molecule has 2 saturated carbocycles. The van der Waals surface area contributed by atoms with Crippen LogP contribution in [0.5, 0.6) is 0 Å². The van der Waals surface area contributed by atoms with Gasteiger partial charge in [0.25, 0.3) is 5.92 Å². The third-order valence-electron chi connectivity index (χ3n) is 7.73. The number of imidazole rings is 1. The Bertz CT molecular complexity index is 1580. The van der Waals surface area contributed by atoms with Crippen LogP contribution in [0.1, 0.15) is 47.9 Å². The maximum absolute atomic E-state index is 13.6. The van der Waals surface area contributed by atoms with E-state index in [1.54, 1.807) is 17.2 Å². The molecule has 39 heavy (non-hydrogen) atoms. The molecule has 3 aliphatic rings. The number of amides is 1. The van der Waals surface area contributed by atoms with Crippen LogP contribution in [0.2, 0.25) is 5.02 Å². The summed E-state index contributed by atoms with van der Waals surface area (Å²) in [5.41, 5.74) is 5.29. The van der Waals surface area contributed by atoms with Gasteiger partial charge in [0, 0.05) is 41.3 Å². The van der Waals surface area contributed by atoms with Crippen LogP contribution in [0.3, 0.4) is 0 Å². The molecule has 2 aliphatic carbocycles. The Kier molecular flexibility index (Phi) is 5.73. The summed E-state index contributed by atoms with van der Waals surface area (Å²) in [6.07, 6.45) is 8.72. The second kappa shape index (κ2) is 9.19. The molecule has 0 bridgehead atoms. The van der Waals surface area contributed by atoms with Crippen LogP contribution in [-0.4, -0.2) is 39.3 Å². The van der Waals surface area contributed by atoms with Crippen LogP contribution in [0, 0.1) is 5.92 Å². The molecule has 7 nitrogen and oxygen atoms in total. The Labute approximate surface area is 229 Å². The number of hydrogen-bond acceptors (Lipinski definition) is 5. The number of benzene rings is 1. The van der Waals surface area contributed by atoms with Gasteiger partial charge in [0.15, 0.2) is 5.65 Å². The van der Waals surface area contributed by atoms with Crippen molar-refractivity contribution in [1.82, 2.24) is 14.4 Å². The highest BCUT2D eigenvalue weighted by molar-refractivity contribution is 6.30. The number of aromatic nitrogens is 3. The highest BCUT2D eigenvalue weighted by Gasteiger charge is 2.45. The number of alkyl halides is 2. The first-order valence-electron chi connectivity index (χ1n) is 13.2. The first-order valence-corrected chi connectivity index (χ1v) is 13.6. The van der Waals surface area contributed by atoms with Gasteiger partial charge in [-0.05, 0) is 66.5 Å². The number of rotatable bonds is 8. The number of pyridine rings is 2. The van der Waals surface area contributed by atoms with Crippen molar-refractivity contribution in [2.75, 3.05) is 28.6 Å². The van der Waals surface area contributed by atoms with Gasteiger partial charge < -0.3 is 19.9 Å². The summed E-state index contributed by atoms with van der Waals surface area (Å²) < 4.78 is 29.2. The lowest BCUT2D eigenvalue weighted by Gasteiger charge is -2.40. The van der Waals surface area contributed by atoms with Crippen molar-refractivity contribution in [1.29, 1.82) is 0 Å². The molecule has 2 atom stereocenters. The Morgan fingerprint density at radius 2 is 1.95 bits per heavy atom. The molecule has 2 N–H and O–H groups in total. The molecule has 1 amide bonds. The van der Waals surface area contributed by atoms with Crippen LogP contribution >= 0.6 is 11.6 Å². The van der Waals surface area contributed by atoms with Crippen LogP contribution in [0.15, 0.2) is 61.1 Å². The largest absolute Gasteiger partial charge is 0.379 e. The van der Waals surface area contributed by atoms with Gasteiger partial charge in [0.05, 0.1) is 31.0 Å². The fraction of sp³-hybridized carbons (Fsp3) is 0.345. The van der Waals surface area contributed by atoms with Crippen LogP contribution < -0.4 is 15.5 Å². The van der Waals surface area contributed by atoms with Crippen molar-refractivity contribution in [2.24, 2.45) is 5.92 Å².